The number of nitrogens with zero attached hydrogens (tertiary/aromatic N) is 2. The predicted molar refractivity (Wildman–Crippen MR) is 44.1 cm³/mol. The number of rotatable bonds is 2. The van der Waals surface area contributed by atoms with Crippen molar-refractivity contribution < 1.29 is 9.53 Å². The molecule has 1 aliphatic rings. The fraction of sp³-hybridized carbons (Fsp3) is 0.375. The van der Waals surface area contributed by atoms with E-state index in [0.29, 0.717) is 19.0 Å². The molecule has 0 radical (unpaired) electrons. The van der Waals surface area contributed by atoms with Crippen molar-refractivity contribution in [2.24, 2.45) is 0 Å². The van der Waals surface area contributed by atoms with Crippen molar-refractivity contribution in [1.82, 2.24) is 15.3 Å². The first-order valence-electron chi connectivity index (χ1n) is 4.05. The molecular weight excluding hydrogens is 170 g/mol. The number of ether oxygens (including phenoxy) is 1. The van der Waals surface area contributed by atoms with E-state index >= 15 is 0 Å². The largest absolute Gasteiger partial charge is 0.458 e. The Morgan fingerprint density at radius 3 is 2.85 bits per heavy atom. The van der Waals surface area contributed by atoms with E-state index in [2.05, 4.69) is 15.3 Å². The van der Waals surface area contributed by atoms with E-state index in [-0.39, 0.29) is 12.0 Å². The van der Waals surface area contributed by atoms with Gasteiger partial charge in [0.05, 0.1) is 13.0 Å². The van der Waals surface area contributed by atoms with Crippen LogP contribution in [-0.4, -0.2) is 28.5 Å². The van der Waals surface area contributed by atoms with E-state index in [9.17, 15) is 4.79 Å². The summed E-state index contributed by atoms with van der Waals surface area (Å²) in [6.07, 6.45) is 3.46. The van der Waals surface area contributed by atoms with E-state index < -0.39 is 0 Å². The summed E-state index contributed by atoms with van der Waals surface area (Å²) in [7, 11) is 0. The summed E-state index contributed by atoms with van der Waals surface area (Å²) in [6, 6.07) is 2.04. The maximum atomic E-state index is 10.8. The lowest BCUT2D eigenvalue weighted by Crippen LogP contribution is -2.20. The highest BCUT2D eigenvalue weighted by molar-refractivity contribution is 5.78. The van der Waals surface area contributed by atoms with Crippen LogP contribution in [0.3, 0.4) is 0 Å². The van der Waals surface area contributed by atoms with Gasteiger partial charge in [-0.25, -0.2) is 9.97 Å². The number of carbonyl (C=O) groups is 1. The van der Waals surface area contributed by atoms with E-state index in [1.165, 1.54) is 0 Å². The first-order valence-corrected chi connectivity index (χ1v) is 4.05. The van der Waals surface area contributed by atoms with E-state index in [4.69, 9.17) is 4.74 Å². The smallest absolute Gasteiger partial charge is 0.316 e. The van der Waals surface area contributed by atoms with Gasteiger partial charge in [0.15, 0.2) is 0 Å². The van der Waals surface area contributed by atoms with Gasteiger partial charge in [0.2, 0.25) is 5.91 Å². The summed E-state index contributed by atoms with van der Waals surface area (Å²) in [6.45, 7) is 0.539. The Morgan fingerprint density at radius 1 is 1.46 bits per heavy atom. The number of amides is 1. The van der Waals surface area contributed by atoms with Crippen LogP contribution in [0.25, 0.3) is 0 Å². The third-order valence-electron chi connectivity index (χ3n) is 1.75. The molecule has 1 aromatic rings. The summed E-state index contributed by atoms with van der Waals surface area (Å²) in [4.78, 5) is 18.6. The fourth-order valence-electron chi connectivity index (χ4n) is 1.16. The lowest BCUT2D eigenvalue weighted by atomic mass is 10.3. The lowest BCUT2D eigenvalue weighted by molar-refractivity contribution is -0.119. The molecule has 1 atom stereocenters. The monoisotopic (exact) mass is 179 g/mol. The van der Waals surface area contributed by atoms with Gasteiger partial charge in [0, 0.05) is 12.4 Å². The molecule has 1 unspecified atom stereocenters. The summed E-state index contributed by atoms with van der Waals surface area (Å²) in [5, 5.41) is 2.67. The molecule has 0 saturated carbocycles. The fourth-order valence-corrected chi connectivity index (χ4v) is 1.16. The van der Waals surface area contributed by atoms with Gasteiger partial charge in [0.25, 0.3) is 0 Å². The molecule has 1 fully saturated rings. The zero-order valence-electron chi connectivity index (χ0n) is 6.93. The van der Waals surface area contributed by atoms with Crippen molar-refractivity contribution in [2.45, 2.75) is 12.5 Å². The Morgan fingerprint density at radius 2 is 2.23 bits per heavy atom. The molecule has 0 bridgehead atoms. The SMILES string of the molecule is O=C1CC(Oc2ncccn2)CN1. The van der Waals surface area contributed by atoms with Crippen LogP contribution >= 0.6 is 0 Å². The van der Waals surface area contributed by atoms with Crippen molar-refractivity contribution in [3.8, 4) is 6.01 Å². The maximum Gasteiger partial charge on any atom is 0.316 e. The zero-order valence-corrected chi connectivity index (χ0v) is 6.93. The molecule has 68 valence electrons. The van der Waals surface area contributed by atoms with Gasteiger partial charge in [-0.15, -0.1) is 0 Å². The summed E-state index contributed by atoms with van der Waals surface area (Å²) >= 11 is 0. The van der Waals surface area contributed by atoms with Crippen LogP contribution in [0.4, 0.5) is 0 Å². The predicted octanol–water partition coefficient (Wildman–Crippen LogP) is -0.256. The zero-order chi connectivity index (χ0) is 9.10. The number of nitrogens with one attached hydrogen (secondary N) is 1. The topological polar surface area (TPSA) is 64.1 Å². The van der Waals surface area contributed by atoms with Gasteiger partial charge in [-0.05, 0) is 6.07 Å². The molecule has 0 spiro atoms. The number of hydrogen-bond acceptors (Lipinski definition) is 4. The molecule has 0 aromatic carbocycles. The molecule has 1 amide bonds. The number of aromatic nitrogens is 2. The summed E-state index contributed by atoms with van der Waals surface area (Å²) < 4.78 is 5.34. The molecule has 13 heavy (non-hydrogen) atoms. The molecule has 2 heterocycles. The van der Waals surface area contributed by atoms with Crippen molar-refractivity contribution in [2.75, 3.05) is 6.54 Å². The highest BCUT2D eigenvalue weighted by atomic mass is 16.5. The van der Waals surface area contributed by atoms with Gasteiger partial charge in [-0.2, -0.15) is 0 Å². The van der Waals surface area contributed by atoms with Crippen molar-refractivity contribution in [3.05, 3.63) is 18.5 Å². The molecule has 5 heteroatoms. The summed E-state index contributed by atoms with van der Waals surface area (Å²) in [5.41, 5.74) is 0. The first-order chi connectivity index (χ1) is 6.34. The third kappa shape index (κ3) is 1.93. The van der Waals surface area contributed by atoms with Crippen LogP contribution in [0, 0.1) is 0 Å². The van der Waals surface area contributed by atoms with Crippen molar-refractivity contribution in [1.29, 1.82) is 0 Å². The number of hydrogen-bond donors (Lipinski definition) is 1. The van der Waals surface area contributed by atoms with Crippen LogP contribution < -0.4 is 10.1 Å². The third-order valence-corrected chi connectivity index (χ3v) is 1.75. The van der Waals surface area contributed by atoms with Crippen LogP contribution in [-0.2, 0) is 4.79 Å². The Balaban J connectivity index is 1.96. The molecule has 5 nitrogen and oxygen atoms in total. The Bertz CT molecular complexity index is 302. The normalized spacial score (nSPS) is 21.2. The van der Waals surface area contributed by atoms with Crippen molar-refractivity contribution >= 4 is 5.91 Å². The van der Waals surface area contributed by atoms with Crippen molar-refractivity contribution in [3.63, 3.8) is 0 Å². The first kappa shape index (κ1) is 7.97. The van der Waals surface area contributed by atoms with Crippen LogP contribution in [0.5, 0.6) is 6.01 Å². The molecule has 0 aliphatic carbocycles. The standard InChI is InChI=1S/C8H9N3O2/c12-7-4-6(5-11-7)13-8-9-2-1-3-10-8/h1-3,6H,4-5H2,(H,11,12). The molecular formula is C8H9N3O2. The Hall–Kier alpha value is -1.65. The lowest BCUT2D eigenvalue weighted by Gasteiger charge is -2.07. The van der Waals surface area contributed by atoms with E-state index in [0.717, 1.165) is 0 Å². The quantitative estimate of drug-likeness (QED) is 0.679. The summed E-state index contributed by atoms with van der Waals surface area (Å²) in [5.74, 6) is 0.0148. The van der Waals surface area contributed by atoms with Crippen LogP contribution in [0.1, 0.15) is 6.42 Å². The highest BCUT2D eigenvalue weighted by Crippen LogP contribution is 2.08. The van der Waals surface area contributed by atoms with Crippen LogP contribution in [0.15, 0.2) is 18.5 Å². The highest BCUT2D eigenvalue weighted by Gasteiger charge is 2.23. The molecule has 1 saturated heterocycles. The van der Waals surface area contributed by atoms with Gasteiger partial charge in [-0.1, -0.05) is 0 Å². The molecule has 2 rings (SSSR count). The second kappa shape index (κ2) is 3.38. The second-order valence-electron chi connectivity index (χ2n) is 2.78. The molecule has 1 N–H and O–H groups in total. The van der Waals surface area contributed by atoms with Gasteiger partial charge < -0.3 is 10.1 Å². The minimum atomic E-state index is -0.130. The molecule has 1 aromatic heterocycles. The maximum absolute atomic E-state index is 10.8. The van der Waals surface area contributed by atoms with Crippen LogP contribution in [0.2, 0.25) is 0 Å². The van der Waals surface area contributed by atoms with Gasteiger partial charge in [0.1, 0.15) is 6.10 Å². The number of carbonyl (C=O) groups excluding carboxylic acids is 1. The van der Waals surface area contributed by atoms with E-state index in [1.54, 1.807) is 18.5 Å². The minimum absolute atomic E-state index is 0.0148. The minimum Gasteiger partial charge on any atom is -0.458 e. The average molecular weight is 179 g/mol. The van der Waals surface area contributed by atoms with Gasteiger partial charge >= 0.3 is 6.01 Å². The van der Waals surface area contributed by atoms with Gasteiger partial charge in [-0.3, -0.25) is 4.79 Å². The van der Waals surface area contributed by atoms with E-state index in [1.807, 2.05) is 0 Å². The molecule has 1 aliphatic heterocycles. The Kier molecular flexibility index (Phi) is 2.08. The average Bonchev–Trinajstić information content (AvgIpc) is 2.53. The Labute approximate surface area is 75.1 Å². The second-order valence-corrected chi connectivity index (χ2v) is 2.78.